The number of nitrogens with one attached hydrogen (secondary N) is 3. The molecule has 2 amide bonds. The van der Waals surface area contributed by atoms with Crippen LogP contribution in [0.3, 0.4) is 0 Å². The van der Waals surface area contributed by atoms with Crippen molar-refractivity contribution in [2.75, 3.05) is 24.2 Å². The normalized spacial score (nSPS) is 10.8. The fourth-order valence-corrected chi connectivity index (χ4v) is 3.93. The van der Waals surface area contributed by atoms with E-state index in [0.29, 0.717) is 11.8 Å². The number of hydrogen-bond acceptors (Lipinski definition) is 5. The number of benzene rings is 2. The third kappa shape index (κ3) is 5.54. The highest BCUT2D eigenvalue weighted by Crippen LogP contribution is 2.23. The summed E-state index contributed by atoms with van der Waals surface area (Å²) < 4.78 is 5.48. The molecule has 3 rings (SSSR count). The van der Waals surface area contributed by atoms with E-state index >= 15 is 0 Å². The summed E-state index contributed by atoms with van der Waals surface area (Å²) in [4.78, 5) is 32.0. The van der Waals surface area contributed by atoms with Crippen LogP contribution in [-0.2, 0) is 9.59 Å². The van der Waals surface area contributed by atoms with Gasteiger partial charge in [-0.2, -0.15) is 0 Å². The molecular weight excluding hydrogens is 400 g/mol. The number of amides is 2. The fraction of sp³-hybridized carbons (Fsp3) is 0.318. The Morgan fingerprint density at radius 3 is 2.53 bits per heavy atom. The second-order valence-electron chi connectivity index (χ2n) is 7.04. The molecule has 1 aromatic heterocycles. The van der Waals surface area contributed by atoms with Gasteiger partial charge in [-0.1, -0.05) is 29.5 Å². The molecule has 0 unspecified atom stereocenters. The van der Waals surface area contributed by atoms with Crippen LogP contribution in [0.4, 0.5) is 5.69 Å². The number of imidazole rings is 1. The highest BCUT2D eigenvalue weighted by molar-refractivity contribution is 7.99. The molecule has 0 saturated carbocycles. The van der Waals surface area contributed by atoms with Gasteiger partial charge < -0.3 is 20.4 Å². The Balaban J connectivity index is 1.49. The van der Waals surface area contributed by atoms with Crippen LogP contribution in [0, 0.1) is 20.8 Å². The predicted molar refractivity (Wildman–Crippen MR) is 120 cm³/mol. The lowest BCUT2D eigenvalue weighted by Crippen LogP contribution is -2.34. The summed E-state index contributed by atoms with van der Waals surface area (Å²) in [6.07, 6.45) is 0. The number of carbonyl (C=O) groups excluding carboxylic acids is 2. The van der Waals surface area contributed by atoms with Crippen LogP contribution in [-0.4, -0.2) is 40.7 Å². The van der Waals surface area contributed by atoms with Crippen molar-refractivity contribution in [1.29, 1.82) is 0 Å². The minimum absolute atomic E-state index is 0.0794. The summed E-state index contributed by atoms with van der Waals surface area (Å²) in [5.41, 5.74) is 5.60. The molecule has 7 nitrogen and oxygen atoms in total. The van der Waals surface area contributed by atoms with Gasteiger partial charge in [0.1, 0.15) is 5.75 Å². The molecule has 2 aromatic carbocycles. The highest BCUT2D eigenvalue weighted by Gasteiger charge is 2.11. The maximum absolute atomic E-state index is 12.2. The van der Waals surface area contributed by atoms with E-state index in [-0.39, 0.29) is 24.1 Å². The van der Waals surface area contributed by atoms with Gasteiger partial charge in [0.15, 0.2) is 5.16 Å². The Labute approximate surface area is 180 Å². The molecule has 0 saturated heterocycles. The topological polar surface area (TPSA) is 96.1 Å². The maximum atomic E-state index is 12.2. The zero-order chi connectivity index (χ0) is 21.7. The molecule has 0 bridgehead atoms. The molecule has 3 aromatic rings. The van der Waals surface area contributed by atoms with Gasteiger partial charge in [0.05, 0.1) is 29.9 Å². The van der Waals surface area contributed by atoms with Gasteiger partial charge in [-0.05, 0) is 51.0 Å². The zero-order valence-electron chi connectivity index (χ0n) is 17.6. The molecule has 1 heterocycles. The molecule has 0 spiro atoms. The smallest absolute Gasteiger partial charge is 0.243 e. The number of anilines is 1. The third-order valence-electron chi connectivity index (χ3n) is 4.47. The SMILES string of the molecule is CCOc1ccc2nc(SCC(=O)NCC(=O)Nc3c(C)cc(C)cc3C)[nH]c2c1. The largest absolute Gasteiger partial charge is 0.494 e. The van der Waals surface area contributed by atoms with E-state index in [2.05, 4.69) is 20.6 Å². The van der Waals surface area contributed by atoms with Crippen molar-refractivity contribution in [3.8, 4) is 5.75 Å². The van der Waals surface area contributed by atoms with Gasteiger partial charge in [0, 0.05) is 11.8 Å². The van der Waals surface area contributed by atoms with Gasteiger partial charge >= 0.3 is 0 Å². The van der Waals surface area contributed by atoms with E-state index in [9.17, 15) is 9.59 Å². The summed E-state index contributed by atoms with van der Waals surface area (Å²) >= 11 is 1.28. The number of nitrogens with zero attached hydrogens (tertiary/aromatic N) is 1. The second kappa shape index (κ2) is 9.67. The van der Waals surface area contributed by atoms with E-state index in [4.69, 9.17) is 4.74 Å². The van der Waals surface area contributed by atoms with Gasteiger partial charge in [-0.25, -0.2) is 4.98 Å². The molecule has 30 heavy (non-hydrogen) atoms. The third-order valence-corrected chi connectivity index (χ3v) is 5.34. The predicted octanol–water partition coefficient (Wildman–Crippen LogP) is 3.73. The fourth-order valence-electron chi connectivity index (χ4n) is 3.21. The lowest BCUT2D eigenvalue weighted by molar-refractivity contribution is -0.122. The van der Waals surface area contributed by atoms with Crippen LogP contribution >= 0.6 is 11.8 Å². The van der Waals surface area contributed by atoms with Crippen molar-refractivity contribution in [2.45, 2.75) is 32.9 Å². The van der Waals surface area contributed by atoms with Crippen LogP contribution in [0.5, 0.6) is 5.75 Å². The highest BCUT2D eigenvalue weighted by atomic mass is 32.2. The number of thioether (sulfide) groups is 1. The molecule has 0 aliphatic rings. The van der Waals surface area contributed by atoms with Gasteiger partial charge in [-0.3, -0.25) is 9.59 Å². The number of carbonyl (C=O) groups is 2. The van der Waals surface area contributed by atoms with Gasteiger partial charge in [0.25, 0.3) is 0 Å². The Hall–Kier alpha value is -3.00. The molecule has 0 atom stereocenters. The molecular formula is C22H26N4O3S. The summed E-state index contributed by atoms with van der Waals surface area (Å²) in [7, 11) is 0. The first-order valence-corrected chi connectivity index (χ1v) is 10.7. The van der Waals surface area contributed by atoms with Crippen molar-refractivity contribution in [2.24, 2.45) is 0 Å². The monoisotopic (exact) mass is 426 g/mol. The van der Waals surface area contributed by atoms with Crippen LogP contribution < -0.4 is 15.4 Å². The molecule has 0 aliphatic heterocycles. The maximum Gasteiger partial charge on any atom is 0.243 e. The number of hydrogen-bond donors (Lipinski definition) is 3. The van der Waals surface area contributed by atoms with Crippen LogP contribution in [0.1, 0.15) is 23.6 Å². The van der Waals surface area contributed by atoms with Gasteiger partial charge in [0.2, 0.25) is 11.8 Å². The Morgan fingerprint density at radius 2 is 1.83 bits per heavy atom. The summed E-state index contributed by atoms with van der Waals surface area (Å²) in [5.74, 6) is 0.445. The number of aromatic nitrogens is 2. The van der Waals surface area contributed by atoms with Crippen LogP contribution in [0.15, 0.2) is 35.5 Å². The van der Waals surface area contributed by atoms with E-state index < -0.39 is 0 Å². The summed E-state index contributed by atoms with van der Waals surface area (Å²) in [6.45, 7) is 8.37. The summed E-state index contributed by atoms with van der Waals surface area (Å²) in [6, 6.07) is 9.66. The quantitative estimate of drug-likeness (QED) is 0.477. The number of aryl methyl sites for hydroxylation is 3. The van der Waals surface area contributed by atoms with Crippen molar-refractivity contribution < 1.29 is 14.3 Å². The van der Waals surface area contributed by atoms with Crippen molar-refractivity contribution >= 4 is 40.3 Å². The second-order valence-corrected chi connectivity index (χ2v) is 8.01. The average Bonchev–Trinajstić information content (AvgIpc) is 3.10. The van der Waals surface area contributed by atoms with Crippen LogP contribution in [0.25, 0.3) is 11.0 Å². The number of rotatable bonds is 8. The lowest BCUT2D eigenvalue weighted by Gasteiger charge is -2.13. The number of fused-ring (bicyclic) bond motifs is 1. The number of H-pyrrole nitrogens is 1. The Bertz CT molecular complexity index is 1050. The van der Waals surface area contributed by atoms with Crippen molar-refractivity contribution in [1.82, 2.24) is 15.3 Å². The lowest BCUT2D eigenvalue weighted by atomic mass is 10.1. The van der Waals surface area contributed by atoms with E-state index in [1.165, 1.54) is 11.8 Å². The first kappa shape index (κ1) is 21.7. The van der Waals surface area contributed by atoms with E-state index in [0.717, 1.165) is 39.2 Å². The number of ether oxygens (including phenoxy) is 1. The van der Waals surface area contributed by atoms with E-state index in [1.54, 1.807) is 0 Å². The minimum Gasteiger partial charge on any atom is -0.494 e. The molecule has 0 fully saturated rings. The van der Waals surface area contributed by atoms with Crippen molar-refractivity contribution in [3.63, 3.8) is 0 Å². The van der Waals surface area contributed by atoms with Gasteiger partial charge in [-0.15, -0.1) is 0 Å². The average molecular weight is 427 g/mol. The molecule has 0 radical (unpaired) electrons. The Morgan fingerprint density at radius 1 is 1.10 bits per heavy atom. The molecule has 158 valence electrons. The summed E-state index contributed by atoms with van der Waals surface area (Å²) in [5, 5.41) is 6.17. The van der Waals surface area contributed by atoms with Crippen molar-refractivity contribution in [3.05, 3.63) is 47.0 Å². The first-order valence-electron chi connectivity index (χ1n) is 9.75. The van der Waals surface area contributed by atoms with Crippen LogP contribution in [0.2, 0.25) is 0 Å². The Kier molecular flexibility index (Phi) is 6.99. The first-order chi connectivity index (χ1) is 14.4. The molecule has 3 N–H and O–H groups in total. The molecule has 0 aliphatic carbocycles. The number of aromatic amines is 1. The minimum atomic E-state index is -0.254. The standard InChI is InChI=1S/C22H26N4O3S/c1-5-29-16-6-7-17-18(10-16)25-22(24-17)30-12-20(28)23-11-19(27)26-21-14(3)8-13(2)9-15(21)4/h6-10H,5,11-12H2,1-4H3,(H,23,28)(H,24,25)(H,26,27). The van der Waals surface area contributed by atoms with E-state index in [1.807, 2.05) is 58.0 Å². The zero-order valence-corrected chi connectivity index (χ0v) is 18.4. The molecule has 8 heteroatoms.